The summed E-state index contributed by atoms with van der Waals surface area (Å²) in [6.45, 7) is 2.05. The van der Waals surface area contributed by atoms with Gasteiger partial charge < -0.3 is 5.32 Å². The van der Waals surface area contributed by atoms with Crippen LogP contribution in [0.2, 0.25) is 0 Å². The second-order valence-corrected chi connectivity index (χ2v) is 3.57. The third-order valence-electron chi connectivity index (χ3n) is 2.49. The molecule has 13 heavy (non-hydrogen) atoms. The topological polar surface area (TPSA) is 29.1 Å². The van der Waals surface area contributed by atoms with Crippen LogP contribution in [0.25, 0.3) is 0 Å². The second kappa shape index (κ2) is 3.21. The van der Waals surface area contributed by atoms with E-state index in [1.165, 1.54) is 5.56 Å². The van der Waals surface area contributed by atoms with E-state index in [9.17, 15) is 4.79 Å². The molecule has 0 saturated heterocycles. The monoisotopic (exact) mass is 175 g/mol. The van der Waals surface area contributed by atoms with E-state index in [1.54, 1.807) is 0 Å². The Kier molecular flexibility index (Phi) is 2.05. The van der Waals surface area contributed by atoms with Crippen molar-refractivity contribution in [1.82, 2.24) is 5.32 Å². The van der Waals surface area contributed by atoms with E-state index < -0.39 is 0 Å². The van der Waals surface area contributed by atoms with Gasteiger partial charge in [0.25, 0.3) is 5.91 Å². The van der Waals surface area contributed by atoms with Crippen molar-refractivity contribution >= 4 is 5.91 Å². The van der Waals surface area contributed by atoms with Crippen molar-refractivity contribution in [2.75, 3.05) is 0 Å². The van der Waals surface area contributed by atoms with E-state index in [-0.39, 0.29) is 5.91 Å². The van der Waals surface area contributed by atoms with Crippen LogP contribution in [0.4, 0.5) is 0 Å². The van der Waals surface area contributed by atoms with Crippen LogP contribution in [0.5, 0.6) is 0 Å². The molecule has 68 valence electrons. The summed E-state index contributed by atoms with van der Waals surface area (Å²) in [5, 5.41) is 2.96. The summed E-state index contributed by atoms with van der Waals surface area (Å²) in [5.41, 5.74) is 2.01. The van der Waals surface area contributed by atoms with Crippen LogP contribution in [-0.4, -0.2) is 11.9 Å². The van der Waals surface area contributed by atoms with Gasteiger partial charge in [-0.15, -0.1) is 0 Å². The summed E-state index contributed by atoms with van der Waals surface area (Å²) >= 11 is 0. The Balaban J connectivity index is 2.40. The molecule has 0 spiro atoms. The fourth-order valence-electron chi connectivity index (χ4n) is 1.71. The van der Waals surface area contributed by atoms with Crippen LogP contribution in [0, 0.1) is 0 Å². The zero-order valence-electron chi connectivity index (χ0n) is 7.71. The highest BCUT2D eigenvalue weighted by molar-refractivity contribution is 5.96. The van der Waals surface area contributed by atoms with Crippen molar-refractivity contribution in [2.45, 2.75) is 25.8 Å². The lowest BCUT2D eigenvalue weighted by atomic mass is 10.0. The van der Waals surface area contributed by atoms with E-state index in [0.29, 0.717) is 6.04 Å². The molecule has 1 N–H and O–H groups in total. The lowest BCUT2D eigenvalue weighted by Crippen LogP contribution is -2.30. The van der Waals surface area contributed by atoms with Gasteiger partial charge in [-0.2, -0.15) is 0 Å². The molecule has 1 aromatic rings. The molecule has 1 aromatic carbocycles. The maximum absolute atomic E-state index is 11.6. The highest BCUT2D eigenvalue weighted by Crippen LogP contribution is 2.15. The molecule has 2 heteroatoms. The molecule has 0 radical (unpaired) electrons. The van der Waals surface area contributed by atoms with E-state index in [4.69, 9.17) is 0 Å². The van der Waals surface area contributed by atoms with Crippen LogP contribution in [0.1, 0.15) is 29.3 Å². The average molecular weight is 175 g/mol. The SMILES string of the molecule is CC1CCc2ccccc2C(=O)N1. The zero-order chi connectivity index (χ0) is 9.26. The molecule has 0 bridgehead atoms. The smallest absolute Gasteiger partial charge is 0.251 e. The molecule has 1 atom stereocenters. The first-order valence-electron chi connectivity index (χ1n) is 4.66. The van der Waals surface area contributed by atoms with Crippen molar-refractivity contribution in [3.8, 4) is 0 Å². The number of carbonyl (C=O) groups is 1. The molecule has 2 rings (SSSR count). The number of hydrogen-bond donors (Lipinski definition) is 1. The molecule has 1 aliphatic heterocycles. The van der Waals surface area contributed by atoms with Gasteiger partial charge in [-0.05, 0) is 31.4 Å². The predicted octanol–water partition coefficient (Wildman–Crippen LogP) is 1.75. The number of aryl methyl sites for hydroxylation is 1. The molecular weight excluding hydrogens is 162 g/mol. The number of hydrogen-bond acceptors (Lipinski definition) is 1. The van der Waals surface area contributed by atoms with Gasteiger partial charge in [0.05, 0.1) is 0 Å². The van der Waals surface area contributed by atoms with Gasteiger partial charge in [0.15, 0.2) is 0 Å². The quantitative estimate of drug-likeness (QED) is 0.639. The van der Waals surface area contributed by atoms with Gasteiger partial charge in [-0.1, -0.05) is 18.2 Å². The lowest BCUT2D eigenvalue weighted by Gasteiger charge is -2.07. The highest BCUT2D eigenvalue weighted by Gasteiger charge is 2.17. The predicted molar refractivity (Wildman–Crippen MR) is 51.7 cm³/mol. The number of carbonyl (C=O) groups excluding carboxylic acids is 1. The summed E-state index contributed by atoms with van der Waals surface area (Å²) in [7, 11) is 0. The Hall–Kier alpha value is -1.31. The molecule has 0 aliphatic carbocycles. The van der Waals surface area contributed by atoms with Gasteiger partial charge in [0.1, 0.15) is 0 Å². The zero-order valence-corrected chi connectivity index (χ0v) is 7.71. The number of nitrogens with one attached hydrogen (secondary N) is 1. The number of benzene rings is 1. The minimum atomic E-state index is 0.0700. The molecule has 1 aliphatic rings. The van der Waals surface area contributed by atoms with Crippen LogP contribution in [0.15, 0.2) is 24.3 Å². The largest absolute Gasteiger partial charge is 0.350 e. The van der Waals surface area contributed by atoms with E-state index >= 15 is 0 Å². The molecule has 1 amide bonds. The molecule has 0 saturated carbocycles. The summed E-state index contributed by atoms with van der Waals surface area (Å²) < 4.78 is 0. The number of fused-ring (bicyclic) bond motifs is 1. The Bertz CT molecular complexity index is 333. The van der Waals surface area contributed by atoms with Crippen molar-refractivity contribution in [3.05, 3.63) is 35.4 Å². The summed E-state index contributed by atoms with van der Waals surface area (Å²) in [4.78, 5) is 11.6. The minimum Gasteiger partial charge on any atom is -0.350 e. The van der Waals surface area contributed by atoms with Gasteiger partial charge in [-0.3, -0.25) is 4.79 Å². The highest BCUT2D eigenvalue weighted by atomic mass is 16.1. The Morgan fingerprint density at radius 1 is 1.38 bits per heavy atom. The van der Waals surface area contributed by atoms with Crippen molar-refractivity contribution in [1.29, 1.82) is 0 Å². The number of rotatable bonds is 0. The summed E-state index contributed by atoms with van der Waals surface area (Å²) in [6, 6.07) is 8.12. The van der Waals surface area contributed by atoms with Crippen LogP contribution < -0.4 is 5.32 Å². The first-order chi connectivity index (χ1) is 6.27. The molecule has 1 unspecified atom stereocenters. The fraction of sp³-hybridized carbons (Fsp3) is 0.364. The van der Waals surface area contributed by atoms with Crippen molar-refractivity contribution in [3.63, 3.8) is 0 Å². The average Bonchev–Trinajstić information content (AvgIpc) is 2.27. The van der Waals surface area contributed by atoms with E-state index in [1.807, 2.05) is 31.2 Å². The molecular formula is C11H13NO. The Labute approximate surface area is 78.0 Å². The van der Waals surface area contributed by atoms with E-state index in [2.05, 4.69) is 5.32 Å². The first kappa shape index (κ1) is 8.30. The first-order valence-corrected chi connectivity index (χ1v) is 4.66. The van der Waals surface area contributed by atoms with Crippen LogP contribution >= 0.6 is 0 Å². The number of amides is 1. The van der Waals surface area contributed by atoms with Crippen LogP contribution in [-0.2, 0) is 6.42 Å². The molecule has 1 heterocycles. The standard InChI is InChI=1S/C11H13NO/c1-8-6-7-9-4-2-3-5-10(9)11(13)12-8/h2-5,8H,6-7H2,1H3,(H,12,13). The van der Waals surface area contributed by atoms with Crippen molar-refractivity contribution in [2.24, 2.45) is 0 Å². The molecule has 2 nitrogen and oxygen atoms in total. The van der Waals surface area contributed by atoms with Gasteiger partial charge in [0, 0.05) is 11.6 Å². The molecule has 0 aromatic heterocycles. The Morgan fingerprint density at radius 3 is 3.00 bits per heavy atom. The van der Waals surface area contributed by atoms with Gasteiger partial charge in [0.2, 0.25) is 0 Å². The second-order valence-electron chi connectivity index (χ2n) is 3.57. The lowest BCUT2D eigenvalue weighted by molar-refractivity contribution is 0.0942. The third kappa shape index (κ3) is 1.57. The third-order valence-corrected chi connectivity index (χ3v) is 2.49. The fourth-order valence-corrected chi connectivity index (χ4v) is 1.71. The van der Waals surface area contributed by atoms with Gasteiger partial charge >= 0.3 is 0 Å². The Morgan fingerprint density at radius 2 is 2.15 bits per heavy atom. The maximum atomic E-state index is 11.6. The van der Waals surface area contributed by atoms with Crippen molar-refractivity contribution < 1.29 is 4.79 Å². The van der Waals surface area contributed by atoms with Gasteiger partial charge in [-0.25, -0.2) is 0 Å². The van der Waals surface area contributed by atoms with E-state index in [0.717, 1.165) is 18.4 Å². The summed E-state index contributed by atoms with van der Waals surface area (Å²) in [6.07, 6.45) is 2.03. The normalized spacial score (nSPS) is 21.6. The summed E-state index contributed by atoms with van der Waals surface area (Å²) in [5.74, 6) is 0.0700. The minimum absolute atomic E-state index is 0.0700. The molecule has 0 fully saturated rings. The maximum Gasteiger partial charge on any atom is 0.251 e. The van der Waals surface area contributed by atoms with Crippen LogP contribution in [0.3, 0.4) is 0 Å².